The number of rotatable bonds is 5. The van der Waals surface area contributed by atoms with Crippen LogP contribution in [0.4, 0.5) is 0 Å². The van der Waals surface area contributed by atoms with Gasteiger partial charge in [-0.3, -0.25) is 4.79 Å². The minimum atomic E-state index is 0.267. The monoisotopic (exact) mass is 168 g/mol. The zero-order valence-electron chi connectivity index (χ0n) is 8.47. The molecule has 1 aliphatic rings. The van der Waals surface area contributed by atoms with Gasteiger partial charge in [0.1, 0.15) is 5.78 Å². The van der Waals surface area contributed by atoms with Gasteiger partial charge in [0.15, 0.2) is 0 Å². The van der Waals surface area contributed by atoms with Gasteiger partial charge in [0, 0.05) is 12.3 Å². The van der Waals surface area contributed by atoms with Gasteiger partial charge in [-0.05, 0) is 18.3 Å². The lowest BCUT2D eigenvalue weighted by atomic mass is 9.91. The molecule has 0 amide bonds. The van der Waals surface area contributed by atoms with Gasteiger partial charge in [-0.2, -0.15) is 0 Å². The molecule has 0 saturated heterocycles. The number of hydrogen-bond acceptors (Lipinski definition) is 1. The highest BCUT2D eigenvalue weighted by atomic mass is 16.1. The molecule has 1 nitrogen and oxygen atoms in total. The van der Waals surface area contributed by atoms with Crippen molar-refractivity contribution in [2.75, 3.05) is 0 Å². The third-order valence-corrected chi connectivity index (χ3v) is 3.00. The van der Waals surface area contributed by atoms with Crippen molar-refractivity contribution in [3.63, 3.8) is 0 Å². The lowest BCUT2D eigenvalue weighted by Gasteiger charge is -2.13. The van der Waals surface area contributed by atoms with Crippen molar-refractivity contribution < 1.29 is 4.79 Å². The SMILES string of the molecule is CC(C)C(C)C(=O)CCC1CC1. The molecule has 0 aromatic carbocycles. The van der Waals surface area contributed by atoms with Crippen LogP contribution >= 0.6 is 0 Å². The Kier molecular flexibility index (Phi) is 3.30. The Morgan fingerprint density at radius 1 is 1.33 bits per heavy atom. The van der Waals surface area contributed by atoms with Crippen molar-refractivity contribution in [2.45, 2.75) is 46.5 Å². The van der Waals surface area contributed by atoms with E-state index < -0.39 is 0 Å². The lowest BCUT2D eigenvalue weighted by Crippen LogP contribution is -2.16. The molecule has 1 saturated carbocycles. The summed E-state index contributed by atoms with van der Waals surface area (Å²) in [5, 5.41) is 0. The van der Waals surface area contributed by atoms with Gasteiger partial charge in [-0.1, -0.05) is 33.6 Å². The van der Waals surface area contributed by atoms with Crippen LogP contribution in [0.5, 0.6) is 0 Å². The van der Waals surface area contributed by atoms with Gasteiger partial charge in [-0.25, -0.2) is 0 Å². The molecule has 0 N–H and O–H groups in total. The average Bonchev–Trinajstić information content (AvgIpc) is 2.81. The number of ketones is 1. The Labute approximate surface area is 75.5 Å². The first-order valence-corrected chi connectivity index (χ1v) is 5.14. The molecule has 1 rings (SSSR count). The van der Waals surface area contributed by atoms with Crippen LogP contribution in [-0.4, -0.2) is 5.78 Å². The molecule has 1 fully saturated rings. The Bertz CT molecular complexity index is 156. The van der Waals surface area contributed by atoms with Crippen LogP contribution in [0, 0.1) is 17.8 Å². The highest BCUT2D eigenvalue weighted by molar-refractivity contribution is 5.80. The fourth-order valence-corrected chi connectivity index (χ4v) is 1.35. The summed E-state index contributed by atoms with van der Waals surface area (Å²) in [5.74, 6) is 2.14. The molecule has 1 aliphatic carbocycles. The fourth-order valence-electron chi connectivity index (χ4n) is 1.35. The van der Waals surface area contributed by atoms with Crippen molar-refractivity contribution >= 4 is 5.78 Å². The molecule has 70 valence electrons. The molecular weight excluding hydrogens is 148 g/mol. The van der Waals surface area contributed by atoms with E-state index in [2.05, 4.69) is 20.8 Å². The highest BCUT2D eigenvalue weighted by Crippen LogP contribution is 2.34. The summed E-state index contributed by atoms with van der Waals surface area (Å²) in [6.07, 6.45) is 4.70. The number of carbonyl (C=O) groups excluding carboxylic acids is 1. The van der Waals surface area contributed by atoms with Crippen LogP contribution in [0.15, 0.2) is 0 Å². The van der Waals surface area contributed by atoms with Gasteiger partial charge in [0.05, 0.1) is 0 Å². The minimum absolute atomic E-state index is 0.267. The smallest absolute Gasteiger partial charge is 0.135 e. The maximum atomic E-state index is 11.5. The van der Waals surface area contributed by atoms with E-state index in [-0.39, 0.29) is 5.92 Å². The Morgan fingerprint density at radius 3 is 2.33 bits per heavy atom. The van der Waals surface area contributed by atoms with Crippen LogP contribution in [0.1, 0.15) is 46.5 Å². The average molecular weight is 168 g/mol. The molecule has 0 aromatic heterocycles. The lowest BCUT2D eigenvalue weighted by molar-refractivity contribution is -0.123. The van der Waals surface area contributed by atoms with E-state index in [0.717, 1.165) is 18.8 Å². The molecule has 0 aromatic rings. The summed E-state index contributed by atoms with van der Waals surface area (Å²) in [5.41, 5.74) is 0. The molecule has 0 bridgehead atoms. The zero-order chi connectivity index (χ0) is 9.14. The van der Waals surface area contributed by atoms with E-state index in [1.54, 1.807) is 0 Å². The summed E-state index contributed by atoms with van der Waals surface area (Å²) in [7, 11) is 0. The topological polar surface area (TPSA) is 17.1 Å². The van der Waals surface area contributed by atoms with Crippen LogP contribution in [0.3, 0.4) is 0 Å². The van der Waals surface area contributed by atoms with Gasteiger partial charge < -0.3 is 0 Å². The van der Waals surface area contributed by atoms with E-state index >= 15 is 0 Å². The molecule has 0 radical (unpaired) electrons. The molecule has 1 heteroatoms. The fraction of sp³-hybridized carbons (Fsp3) is 0.909. The van der Waals surface area contributed by atoms with Crippen LogP contribution in [-0.2, 0) is 4.79 Å². The summed E-state index contributed by atoms with van der Waals surface area (Å²) < 4.78 is 0. The van der Waals surface area contributed by atoms with Gasteiger partial charge in [0.25, 0.3) is 0 Å². The Morgan fingerprint density at radius 2 is 1.92 bits per heavy atom. The summed E-state index contributed by atoms with van der Waals surface area (Å²) in [6.45, 7) is 6.30. The molecule has 0 heterocycles. The molecule has 1 unspecified atom stereocenters. The van der Waals surface area contributed by atoms with E-state index in [4.69, 9.17) is 0 Å². The van der Waals surface area contributed by atoms with Gasteiger partial charge in [0.2, 0.25) is 0 Å². The summed E-state index contributed by atoms with van der Waals surface area (Å²) in [4.78, 5) is 11.5. The van der Waals surface area contributed by atoms with Crippen molar-refractivity contribution in [1.29, 1.82) is 0 Å². The van der Waals surface area contributed by atoms with Crippen molar-refractivity contribution in [3.05, 3.63) is 0 Å². The van der Waals surface area contributed by atoms with E-state index in [1.165, 1.54) is 12.8 Å². The first kappa shape index (κ1) is 9.76. The van der Waals surface area contributed by atoms with Gasteiger partial charge >= 0.3 is 0 Å². The predicted octanol–water partition coefficient (Wildman–Crippen LogP) is 3.04. The van der Waals surface area contributed by atoms with E-state index in [1.807, 2.05) is 0 Å². The number of hydrogen-bond donors (Lipinski definition) is 0. The first-order chi connectivity index (χ1) is 5.61. The molecule has 0 aliphatic heterocycles. The van der Waals surface area contributed by atoms with E-state index in [0.29, 0.717) is 11.7 Å². The second-order valence-corrected chi connectivity index (χ2v) is 4.48. The molecular formula is C11H20O. The standard InChI is InChI=1S/C11H20O/c1-8(2)9(3)11(12)7-6-10-4-5-10/h8-10H,4-7H2,1-3H3. The van der Waals surface area contributed by atoms with Crippen LogP contribution in [0.2, 0.25) is 0 Å². The quantitative estimate of drug-likeness (QED) is 0.616. The maximum Gasteiger partial charge on any atom is 0.135 e. The highest BCUT2D eigenvalue weighted by Gasteiger charge is 2.24. The Balaban J connectivity index is 2.16. The van der Waals surface area contributed by atoms with Crippen LogP contribution in [0.25, 0.3) is 0 Å². The second-order valence-electron chi connectivity index (χ2n) is 4.48. The first-order valence-electron chi connectivity index (χ1n) is 5.14. The number of Topliss-reactive ketones (excluding diaryl/α,β-unsaturated/α-hetero) is 1. The zero-order valence-corrected chi connectivity index (χ0v) is 8.47. The predicted molar refractivity (Wildman–Crippen MR) is 51.0 cm³/mol. The van der Waals surface area contributed by atoms with Crippen LogP contribution < -0.4 is 0 Å². The van der Waals surface area contributed by atoms with Crippen molar-refractivity contribution in [1.82, 2.24) is 0 Å². The van der Waals surface area contributed by atoms with Gasteiger partial charge in [-0.15, -0.1) is 0 Å². The summed E-state index contributed by atoms with van der Waals surface area (Å²) >= 11 is 0. The number of carbonyl (C=O) groups is 1. The second kappa shape index (κ2) is 4.06. The molecule has 0 spiro atoms. The third-order valence-electron chi connectivity index (χ3n) is 3.00. The minimum Gasteiger partial charge on any atom is -0.299 e. The summed E-state index contributed by atoms with van der Waals surface area (Å²) in [6, 6.07) is 0. The molecule has 12 heavy (non-hydrogen) atoms. The van der Waals surface area contributed by atoms with Crippen molar-refractivity contribution in [2.24, 2.45) is 17.8 Å². The third kappa shape index (κ3) is 2.96. The largest absolute Gasteiger partial charge is 0.299 e. The maximum absolute atomic E-state index is 11.5. The normalized spacial score (nSPS) is 19.7. The van der Waals surface area contributed by atoms with Crippen molar-refractivity contribution in [3.8, 4) is 0 Å². The Hall–Kier alpha value is -0.330. The molecule has 1 atom stereocenters. The van der Waals surface area contributed by atoms with E-state index in [9.17, 15) is 4.79 Å².